The van der Waals surface area contributed by atoms with E-state index < -0.39 is 61.4 Å². The Morgan fingerprint density at radius 2 is 1.45 bits per heavy atom. The molecule has 0 radical (unpaired) electrons. The number of hydrogen-bond acceptors (Lipinski definition) is 12. The summed E-state index contributed by atoms with van der Waals surface area (Å²) in [7, 11) is 3.37. The molecule has 53 heavy (non-hydrogen) atoms. The van der Waals surface area contributed by atoms with Crippen molar-refractivity contribution >= 4 is 0 Å². The van der Waals surface area contributed by atoms with Crippen LogP contribution >= 0.6 is 0 Å². The molecule has 5 fully saturated rings. The minimum absolute atomic E-state index is 0.00431. The van der Waals surface area contributed by atoms with E-state index in [2.05, 4.69) is 32.9 Å². The first-order chi connectivity index (χ1) is 25.1. The maximum Gasteiger partial charge on any atom is 0.186 e. The van der Waals surface area contributed by atoms with Gasteiger partial charge < -0.3 is 59.1 Å². The van der Waals surface area contributed by atoms with Gasteiger partial charge in [0.1, 0.15) is 48.1 Å². The molecule has 0 aromatic heterocycles. The Balaban J connectivity index is 1.16. The highest BCUT2D eigenvalue weighted by molar-refractivity contribution is 5.44. The molecule has 6 aliphatic rings. The van der Waals surface area contributed by atoms with E-state index in [1.54, 1.807) is 28.1 Å². The molecule has 6 N–H and O–H groups in total. The van der Waals surface area contributed by atoms with Crippen molar-refractivity contribution in [2.75, 3.05) is 14.2 Å². The van der Waals surface area contributed by atoms with Gasteiger partial charge in [-0.2, -0.15) is 0 Å². The maximum atomic E-state index is 10.9. The Labute approximate surface area is 313 Å². The number of fused-ring (bicyclic) bond motifs is 5. The van der Waals surface area contributed by atoms with Crippen molar-refractivity contribution in [2.45, 2.75) is 159 Å². The van der Waals surface area contributed by atoms with Crippen LogP contribution in [0.1, 0.15) is 91.0 Å². The molecular weight excluding hydrogens is 684 g/mol. The molecule has 1 aromatic rings. The zero-order valence-electron chi connectivity index (χ0n) is 32.2. The number of ether oxygens (including phenoxy) is 6. The number of hydrogen-bond donors (Lipinski definition) is 6. The molecule has 19 atom stereocenters. The highest BCUT2D eigenvalue weighted by Gasteiger charge is 2.63. The SMILES string of the molecule is COc1ccc(OC)c(C2C[C@H]3[C@@H]4CC=C5C[C@@H](O[C@H]6O[C@@H](C)[C@@H](O)[C@@H](O)[C@@H]6O)CC[C@]5(C)[C@H]4CC[C@]3(C)[C@H]2C(C)O[C@H]2O[C@@H](C)[C@@H](O)[C@@H](O)[C@@H]2O)c1. The lowest BCUT2D eigenvalue weighted by atomic mass is 9.47. The normalized spacial score (nSPS) is 48.9. The lowest BCUT2D eigenvalue weighted by Crippen LogP contribution is -2.58. The Morgan fingerprint density at radius 1 is 0.792 bits per heavy atom. The fourth-order valence-electron chi connectivity index (χ4n) is 11.9. The van der Waals surface area contributed by atoms with Crippen LogP contribution in [0.15, 0.2) is 29.8 Å². The summed E-state index contributed by atoms with van der Waals surface area (Å²) in [5, 5.41) is 63.1. The highest BCUT2D eigenvalue weighted by atomic mass is 16.7. The average Bonchev–Trinajstić information content (AvgIpc) is 3.47. The first-order valence-electron chi connectivity index (χ1n) is 19.7. The molecule has 0 spiro atoms. The second kappa shape index (κ2) is 14.9. The molecule has 2 heterocycles. The van der Waals surface area contributed by atoms with E-state index in [4.69, 9.17) is 28.4 Å². The summed E-state index contributed by atoms with van der Waals surface area (Å²) in [4.78, 5) is 0. The number of methoxy groups -OCH3 is 2. The van der Waals surface area contributed by atoms with Gasteiger partial charge >= 0.3 is 0 Å². The number of allylic oxidation sites excluding steroid dienone is 1. The minimum Gasteiger partial charge on any atom is -0.497 e. The second-order valence-electron chi connectivity index (χ2n) is 17.5. The minimum atomic E-state index is -1.39. The maximum absolute atomic E-state index is 10.9. The van der Waals surface area contributed by atoms with E-state index in [1.165, 1.54) is 5.57 Å². The second-order valence-corrected chi connectivity index (χ2v) is 17.5. The summed E-state index contributed by atoms with van der Waals surface area (Å²) in [5.74, 6) is 2.90. The molecular formula is C41H62O12. The molecule has 2 saturated heterocycles. The van der Waals surface area contributed by atoms with Crippen LogP contribution in [0.2, 0.25) is 0 Å². The summed E-state index contributed by atoms with van der Waals surface area (Å²) < 4.78 is 36.3. The van der Waals surface area contributed by atoms with Crippen molar-refractivity contribution in [1.29, 1.82) is 0 Å². The third kappa shape index (κ3) is 6.66. The van der Waals surface area contributed by atoms with Gasteiger partial charge in [-0.15, -0.1) is 0 Å². The van der Waals surface area contributed by atoms with E-state index in [1.807, 2.05) is 12.1 Å². The molecule has 0 bridgehead atoms. The predicted octanol–water partition coefficient (Wildman–Crippen LogP) is 3.42. The summed E-state index contributed by atoms with van der Waals surface area (Å²) >= 11 is 0. The Hall–Kier alpha value is -1.84. The summed E-state index contributed by atoms with van der Waals surface area (Å²) in [5.41, 5.74) is 2.34. The van der Waals surface area contributed by atoms with Crippen molar-refractivity contribution in [3.8, 4) is 11.5 Å². The van der Waals surface area contributed by atoms with Crippen molar-refractivity contribution in [3.05, 3.63) is 35.4 Å². The zero-order chi connectivity index (χ0) is 38.1. The zero-order valence-corrected chi connectivity index (χ0v) is 32.2. The molecule has 7 rings (SSSR count). The molecule has 0 amide bonds. The summed E-state index contributed by atoms with van der Waals surface area (Å²) in [6.07, 6.45) is -2.87. The van der Waals surface area contributed by atoms with Gasteiger partial charge in [0.2, 0.25) is 0 Å². The molecule has 12 nitrogen and oxygen atoms in total. The van der Waals surface area contributed by atoms with Crippen molar-refractivity contribution < 1.29 is 59.1 Å². The third-order valence-corrected chi connectivity index (χ3v) is 14.8. The summed E-state index contributed by atoms with van der Waals surface area (Å²) in [6.45, 7) is 10.2. The van der Waals surface area contributed by atoms with Crippen LogP contribution < -0.4 is 9.47 Å². The molecule has 1 aromatic carbocycles. The molecule has 12 heteroatoms. The van der Waals surface area contributed by atoms with Crippen LogP contribution in [0.4, 0.5) is 0 Å². The Morgan fingerprint density at radius 3 is 2.11 bits per heavy atom. The highest BCUT2D eigenvalue weighted by Crippen LogP contribution is 2.70. The molecule has 2 unspecified atom stereocenters. The van der Waals surface area contributed by atoms with Gasteiger partial charge in [0, 0.05) is 5.56 Å². The summed E-state index contributed by atoms with van der Waals surface area (Å²) in [6, 6.07) is 5.97. The van der Waals surface area contributed by atoms with E-state index in [9.17, 15) is 30.6 Å². The Kier molecular flexibility index (Phi) is 11.1. The van der Waals surface area contributed by atoms with Crippen LogP contribution in [-0.4, -0.2) is 118 Å². The van der Waals surface area contributed by atoms with Gasteiger partial charge in [-0.25, -0.2) is 0 Å². The van der Waals surface area contributed by atoms with Gasteiger partial charge in [-0.1, -0.05) is 25.5 Å². The predicted molar refractivity (Wildman–Crippen MR) is 193 cm³/mol. The average molecular weight is 747 g/mol. The molecule has 4 aliphatic carbocycles. The molecule has 2 aliphatic heterocycles. The third-order valence-electron chi connectivity index (χ3n) is 14.8. The van der Waals surface area contributed by atoms with E-state index in [0.29, 0.717) is 17.8 Å². The Bertz CT molecular complexity index is 1490. The fraction of sp³-hybridized carbons (Fsp3) is 0.805. The lowest BCUT2D eigenvalue weighted by Gasteiger charge is -2.58. The first kappa shape index (κ1) is 39.4. The van der Waals surface area contributed by atoms with Crippen LogP contribution in [0, 0.1) is 34.5 Å². The topological polar surface area (TPSA) is 177 Å². The van der Waals surface area contributed by atoms with Crippen LogP contribution in [0.25, 0.3) is 0 Å². The van der Waals surface area contributed by atoms with E-state index >= 15 is 0 Å². The van der Waals surface area contributed by atoms with Crippen LogP contribution in [-0.2, 0) is 18.9 Å². The van der Waals surface area contributed by atoms with Gasteiger partial charge in [0.05, 0.1) is 38.6 Å². The fourth-order valence-corrected chi connectivity index (χ4v) is 11.9. The van der Waals surface area contributed by atoms with Crippen molar-refractivity contribution in [1.82, 2.24) is 0 Å². The van der Waals surface area contributed by atoms with Gasteiger partial charge in [0.15, 0.2) is 12.6 Å². The van der Waals surface area contributed by atoms with Gasteiger partial charge in [-0.3, -0.25) is 0 Å². The smallest absolute Gasteiger partial charge is 0.186 e. The monoisotopic (exact) mass is 746 g/mol. The lowest BCUT2D eigenvalue weighted by molar-refractivity contribution is -0.309. The van der Waals surface area contributed by atoms with Crippen molar-refractivity contribution in [2.24, 2.45) is 34.5 Å². The van der Waals surface area contributed by atoms with E-state index in [0.717, 1.165) is 62.0 Å². The number of aliphatic hydroxyl groups is 6. The van der Waals surface area contributed by atoms with E-state index in [-0.39, 0.29) is 34.9 Å². The van der Waals surface area contributed by atoms with Gasteiger partial charge in [0.25, 0.3) is 0 Å². The molecule has 298 valence electrons. The first-order valence-corrected chi connectivity index (χ1v) is 19.7. The number of benzene rings is 1. The number of rotatable bonds is 8. The quantitative estimate of drug-likeness (QED) is 0.214. The van der Waals surface area contributed by atoms with Gasteiger partial charge in [-0.05, 0) is 124 Å². The number of aliphatic hydroxyl groups excluding tert-OH is 6. The largest absolute Gasteiger partial charge is 0.497 e. The molecule has 3 saturated carbocycles. The van der Waals surface area contributed by atoms with Crippen LogP contribution in [0.3, 0.4) is 0 Å². The standard InChI is InChI=1S/C41H62O12/c1-19(50-38-36(46)34(44)32(42)20(2)51-38)31-27(26-17-23(48-6)9-11-30(26)49-7)18-29-25-10-8-22-16-24(53-39-37(47)35(45)33(43)21(3)52-39)12-14-40(22,4)28(25)13-15-41(29,31)5/h8-9,11,17,19-21,24-25,27-29,31-39,42-47H,10,12-16,18H2,1-7H3/t19?,20-,21-,24-,25+,27?,28-,29-,31-,32+,33+,34+,35+,36-,37-,38-,39+,40-,41-/m0/s1. The van der Waals surface area contributed by atoms with Crippen molar-refractivity contribution in [3.63, 3.8) is 0 Å². The van der Waals surface area contributed by atoms with Crippen LogP contribution in [0.5, 0.6) is 11.5 Å².